The lowest BCUT2D eigenvalue weighted by atomic mass is 9.89. The summed E-state index contributed by atoms with van der Waals surface area (Å²) in [5, 5.41) is 0. The minimum Gasteiger partial charge on any atom is -0.381 e. The molecule has 0 aromatic heterocycles. The highest BCUT2D eigenvalue weighted by Gasteiger charge is 2.31. The van der Waals surface area contributed by atoms with Crippen LogP contribution in [0.15, 0.2) is 18.2 Å². The van der Waals surface area contributed by atoms with E-state index in [1.807, 2.05) is 0 Å². The normalized spacial score (nSPS) is 22.1. The van der Waals surface area contributed by atoms with Crippen molar-refractivity contribution in [3.8, 4) is 0 Å². The number of anilines is 1. The van der Waals surface area contributed by atoms with Gasteiger partial charge in [0.25, 0.3) is 0 Å². The maximum absolute atomic E-state index is 6.56. The Morgan fingerprint density at radius 2 is 2.11 bits per heavy atom. The van der Waals surface area contributed by atoms with E-state index in [1.165, 1.54) is 29.7 Å². The zero-order valence-corrected chi connectivity index (χ0v) is 11.8. The van der Waals surface area contributed by atoms with Gasteiger partial charge in [0.1, 0.15) is 0 Å². The predicted molar refractivity (Wildman–Crippen MR) is 78.7 cm³/mol. The Morgan fingerprint density at radius 1 is 1.32 bits per heavy atom. The highest BCUT2D eigenvalue weighted by atomic mass is 16.5. The highest BCUT2D eigenvalue weighted by molar-refractivity contribution is 5.57. The molecule has 3 rings (SSSR count). The van der Waals surface area contributed by atoms with Crippen molar-refractivity contribution in [3.63, 3.8) is 0 Å². The second-order valence-corrected chi connectivity index (χ2v) is 6.13. The Hall–Kier alpha value is -1.06. The first kappa shape index (κ1) is 12.9. The largest absolute Gasteiger partial charge is 0.381 e. The highest BCUT2D eigenvalue weighted by Crippen LogP contribution is 2.30. The van der Waals surface area contributed by atoms with E-state index in [0.29, 0.717) is 0 Å². The van der Waals surface area contributed by atoms with Crippen LogP contribution in [0, 0.1) is 6.92 Å². The van der Waals surface area contributed by atoms with Crippen LogP contribution in [0.25, 0.3) is 0 Å². The van der Waals surface area contributed by atoms with Crippen LogP contribution in [0.5, 0.6) is 0 Å². The molecule has 1 fully saturated rings. The Labute approximate surface area is 115 Å². The second kappa shape index (κ2) is 5.14. The van der Waals surface area contributed by atoms with Gasteiger partial charge >= 0.3 is 0 Å². The number of hydrogen-bond donors (Lipinski definition) is 1. The number of nitrogens with two attached hydrogens (primary N) is 1. The van der Waals surface area contributed by atoms with Crippen molar-refractivity contribution in [1.82, 2.24) is 0 Å². The van der Waals surface area contributed by atoms with E-state index < -0.39 is 0 Å². The number of nitrogens with zero attached hydrogens (tertiary/aromatic N) is 1. The fraction of sp³-hybridized carbons (Fsp3) is 0.625. The minimum absolute atomic E-state index is 0.0717. The van der Waals surface area contributed by atoms with Gasteiger partial charge in [-0.05, 0) is 44.2 Å². The second-order valence-electron chi connectivity index (χ2n) is 6.13. The topological polar surface area (TPSA) is 38.5 Å². The number of fused-ring (bicyclic) bond motifs is 1. The number of hydrogen-bond acceptors (Lipinski definition) is 3. The van der Waals surface area contributed by atoms with Gasteiger partial charge in [0.15, 0.2) is 0 Å². The van der Waals surface area contributed by atoms with Crippen molar-refractivity contribution in [1.29, 1.82) is 0 Å². The average molecular weight is 260 g/mol. The van der Waals surface area contributed by atoms with E-state index in [4.69, 9.17) is 10.5 Å². The zero-order chi connectivity index (χ0) is 13.3. The molecule has 0 radical (unpaired) electrons. The van der Waals surface area contributed by atoms with Crippen LogP contribution in [0.3, 0.4) is 0 Å². The van der Waals surface area contributed by atoms with Crippen LogP contribution < -0.4 is 10.6 Å². The van der Waals surface area contributed by atoms with E-state index in [0.717, 1.165) is 39.1 Å². The third kappa shape index (κ3) is 2.77. The smallest absolute Gasteiger partial charge is 0.0484 e. The van der Waals surface area contributed by atoms with Crippen molar-refractivity contribution in [3.05, 3.63) is 29.3 Å². The first-order valence-corrected chi connectivity index (χ1v) is 7.37. The van der Waals surface area contributed by atoms with Crippen LogP contribution in [-0.4, -0.2) is 31.8 Å². The molecule has 1 saturated heterocycles. The first-order chi connectivity index (χ1) is 9.16. The van der Waals surface area contributed by atoms with Gasteiger partial charge in [-0.3, -0.25) is 0 Å². The van der Waals surface area contributed by atoms with E-state index in [9.17, 15) is 0 Å². The predicted octanol–water partition coefficient (Wildman–Crippen LogP) is 2.26. The Morgan fingerprint density at radius 3 is 2.89 bits per heavy atom. The summed E-state index contributed by atoms with van der Waals surface area (Å²) in [5.74, 6) is 0. The van der Waals surface area contributed by atoms with Crippen molar-refractivity contribution in [2.45, 2.75) is 38.1 Å². The molecule has 3 heteroatoms. The van der Waals surface area contributed by atoms with Gasteiger partial charge in [0.2, 0.25) is 0 Å². The van der Waals surface area contributed by atoms with Crippen LogP contribution in [0.1, 0.15) is 30.4 Å². The number of ether oxygens (including phenoxy) is 1. The van der Waals surface area contributed by atoms with Gasteiger partial charge in [0.05, 0.1) is 0 Å². The Bertz CT molecular complexity index is 452. The molecule has 0 aliphatic carbocycles. The first-order valence-electron chi connectivity index (χ1n) is 7.37. The molecule has 2 aliphatic rings. The fourth-order valence-electron chi connectivity index (χ4n) is 3.28. The van der Waals surface area contributed by atoms with Gasteiger partial charge in [-0.25, -0.2) is 0 Å². The van der Waals surface area contributed by atoms with Gasteiger partial charge in [-0.1, -0.05) is 17.7 Å². The maximum atomic E-state index is 6.56. The average Bonchev–Trinajstić information content (AvgIpc) is 2.39. The molecule has 0 spiro atoms. The van der Waals surface area contributed by atoms with Crippen LogP contribution >= 0.6 is 0 Å². The number of aryl methyl sites for hydroxylation is 2. The summed E-state index contributed by atoms with van der Waals surface area (Å²) in [4.78, 5) is 2.49. The molecule has 3 nitrogen and oxygen atoms in total. The SMILES string of the molecule is Cc1ccc2c(c1)CCCN2CC1(N)CCOCC1. The molecule has 1 aromatic carbocycles. The van der Waals surface area contributed by atoms with Crippen LogP contribution in [0.2, 0.25) is 0 Å². The molecule has 0 atom stereocenters. The van der Waals surface area contributed by atoms with E-state index in [1.54, 1.807) is 0 Å². The molecule has 0 bridgehead atoms. The summed E-state index contributed by atoms with van der Waals surface area (Å²) in [6, 6.07) is 6.81. The fourth-order valence-corrected chi connectivity index (χ4v) is 3.28. The summed E-state index contributed by atoms with van der Waals surface area (Å²) >= 11 is 0. The molecule has 0 amide bonds. The lowest BCUT2D eigenvalue weighted by Crippen LogP contribution is -2.54. The third-order valence-electron chi connectivity index (χ3n) is 4.44. The molecule has 2 heterocycles. The van der Waals surface area contributed by atoms with Gasteiger partial charge in [-0.2, -0.15) is 0 Å². The lowest BCUT2D eigenvalue weighted by Gasteiger charge is -2.41. The minimum atomic E-state index is -0.0717. The summed E-state index contributed by atoms with van der Waals surface area (Å²) in [7, 11) is 0. The number of benzene rings is 1. The van der Waals surface area contributed by atoms with Crippen LogP contribution in [0.4, 0.5) is 5.69 Å². The van der Waals surface area contributed by atoms with E-state index in [-0.39, 0.29) is 5.54 Å². The molecule has 2 N–H and O–H groups in total. The monoisotopic (exact) mass is 260 g/mol. The summed E-state index contributed by atoms with van der Waals surface area (Å²) < 4.78 is 5.44. The Balaban J connectivity index is 1.79. The van der Waals surface area contributed by atoms with Crippen LogP contribution in [-0.2, 0) is 11.2 Å². The lowest BCUT2D eigenvalue weighted by molar-refractivity contribution is 0.0553. The molecule has 1 aromatic rings. The van der Waals surface area contributed by atoms with E-state index >= 15 is 0 Å². The molecule has 2 aliphatic heterocycles. The number of rotatable bonds is 2. The summed E-state index contributed by atoms with van der Waals surface area (Å²) in [6.07, 6.45) is 4.40. The molecule has 0 unspecified atom stereocenters. The van der Waals surface area contributed by atoms with Gasteiger partial charge in [0, 0.05) is 37.5 Å². The molecule has 104 valence electrons. The quantitative estimate of drug-likeness (QED) is 0.886. The van der Waals surface area contributed by atoms with Crippen molar-refractivity contribution < 1.29 is 4.74 Å². The van der Waals surface area contributed by atoms with Crippen molar-refractivity contribution in [2.24, 2.45) is 5.73 Å². The standard InChI is InChI=1S/C16H24N2O/c1-13-4-5-15-14(11-13)3-2-8-18(15)12-16(17)6-9-19-10-7-16/h4-5,11H,2-3,6-10,12,17H2,1H3. The maximum Gasteiger partial charge on any atom is 0.0484 e. The van der Waals surface area contributed by atoms with Crippen molar-refractivity contribution in [2.75, 3.05) is 31.2 Å². The Kier molecular flexibility index (Phi) is 3.50. The molecular formula is C16H24N2O. The van der Waals surface area contributed by atoms with Gasteiger partial charge < -0.3 is 15.4 Å². The van der Waals surface area contributed by atoms with E-state index in [2.05, 4.69) is 30.0 Å². The zero-order valence-electron chi connectivity index (χ0n) is 11.8. The molecule has 0 saturated carbocycles. The summed E-state index contributed by atoms with van der Waals surface area (Å²) in [5.41, 5.74) is 10.7. The van der Waals surface area contributed by atoms with Gasteiger partial charge in [-0.15, -0.1) is 0 Å². The third-order valence-corrected chi connectivity index (χ3v) is 4.44. The molecule has 19 heavy (non-hydrogen) atoms. The molecular weight excluding hydrogens is 236 g/mol. The van der Waals surface area contributed by atoms with Crippen molar-refractivity contribution >= 4 is 5.69 Å². The summed E-state index contributed by atoms with van der Waals surface area (Å²) in [6.45, 7) is 5.89.